The van der Waals surface area contributed by atoms with Crippen LogP contribution in [0.3, 0.4) is 0 Å². The number of hydrogen-bond acceptors (Lipinski definition) is 3. The van der Waals surface area contributed by atoms with Gasteiger partial charge < -0.3 is 4.74 Å². The Morgan fingerprint density at radius 3 is 3.14 bits per heavy atom. The van der Waals surface area contributed by atoms with Crippen LogP contribution in [0.2, 0.25) is 0 Å². The fourth-order valence-corrected chi connectivity index (χ4v) is 0.320. The topological polar surface area (TPSA) is 45.4 Å². The molecule has 3 nitrogen and oxygen atoms in total. The van der Waals surface area contributed by atoms with E-state index < -0.39 is 0 Å². The summed E-state index contributed by atoms with van der Waals surface area (Å²) in [5.41, 5.74) is 0. The molecule has 1 rings (SSSR count). The van der Waals surface area contributed by atoms with E-state index in [-0.39, 0.29) is 6.04 Å². The number of nitrogens with zero attached hydrogens (tertiary/aromatic N) is 2. The quantitative estimate of drug-likeness (QED) is 0.418. The summed E-state index contributed by atoms with van der Waals surface area (Å²) in [6.07, 6.45) is 2.23. The molecular formula is C4H3N2O. The first-order chi connectivity index (χ1) is 3.43. The Morgan fingerprint density at radius 1 is 2.00 bits per heavy atom. The van der Waals surface area contributed by atoms with Crippen molar-refractivity contribution < 1.29 is 4.74 Å². The normalized spacial score (nSPS) is 26.4. The number of aliphatic imine (C=N–C) groups is 1. The second kappa shape index (κ2) is 1.61. The molecule has 1 unspecified atom stereocenters. The Hall–Kier alpha value is -1.04. The molecule has 0 saturated carbocycles. The SMILES string of the molecule is N#CC1CO[C]=N1. The molecule has 0 aromatic carbocycles. The van der Waals surface area contributed by atoms with Crippen LogP contribution in [0.1, 0.15) is 0 Å². The predicted molar refractivity (Wildman–Crippen MR) is 22.8 cm³/mol. The van der Waals surface area contributed by atoms with E-state index in [1.807, 2.05) is 6.07 Å². The molecule has 0 aromatic heterocycles. The third-order valence-corrected chi connectivity index (χ3v) is 0.663. The van der Waals surface area contributed by atoms with E-state index in [1.165, 1.54) is 0 Å². The monoisotopic (exact) mass is 95.0 g/mol. The summed E-state index contributed by atoms with van der Waals surface area (Å²) < 4.78 is 4.51. The highest BCUT2D eigenvalue weighted by molar-refractivity contribution is 5.49. The summed E-state index contributed by atoms with van der Waals surface area (Å²) in [7, 11) is 0. The summed E-state index contributed by atoms with van der Waals surface area (Å²) in [4.78, 5) is 3.52. The van der Waals surface area contributed by atoms with Crippen molar-refractivity contribution in [1.29, 1.82) is 5.26 Å². The summed E-state index contributed by atoms with van der Waals surface area (Å²) in [5, 5.41) is 8.10. The number of rotatable bonds is 0. The van der Waals surface area contributed by atoms with Gasteiger partial charge in [0.05, 0.1) is 6.07 Å². The van der Waals surface area contributed by atoms with Crippen LogP contribution in [-0.4, -0.2) is 19.0 Å². The Labute approximate surface area is 41.2 Å². The van der Waals surface area contributed by atoms with E-state index in [9.17, 15) is 0 Å². The van der Waals surface area contributed by atoms with E-state index in [1.54, 1.807) is 0 Å². The van der Waals surface area contributed by atoms with Crippen LogP contribution in [-0.2, 0) is 4.74 Å². The lowest BCUT2D eigenvalue weighted by molar-refractivity contribution is 0.345. The van der Waals surface area contributed by atoms with Gasteiger partial charge in [-0.1, -0.05) is 0 Å². The molecule has 1 aliphatic rings. The maximum absolute atomic E-state index is 8.10. The molecule has 0 fully saturated rings. The Morgan fingerprint density at radius 2 is 2.86 bits per heavy atom. The molecule has 0 aliphatic carbocycles. The summed E-state index contributed by atoms with van der Waals surface area (Å²) >= 11 is 0. The van der Waals surface area contributed by atoms with E-state index in [0.717, 1.165) is 0 Å². The maximum atomic E-state index is 8.10. The Kier molecular flexibility index (Phi) is 0.947. The largest absolute Gasteiger partial charge is 0.471 e. The van der Waals surface area contributed by atoms with Crippen LogP contribution in [0, 0.1) is 11.3 Å². The zero-order valence-electron chi connectivity index (χ0n) is 3.59. The molecule has 3 heteroatoms. The van der Waals surface area contributed by atoms with E-state index in [4.69, 9.17) is 5.26 Å². The highest BCUT2D eigenvalue weighted by Gasteiger charge is 2.08. The van der Waals surface area contributed by atoms with Crippen LogP contribution >= 0.6 is 0 Å². The second-order valence-corrected chi connectivity index (χ2v) is 1.18. The van der Waals surface area contributed by atoms with E-state index in [2.05, 4.69) is 16.1 Å². The van der Waals surface area contributed by atoms with Gasteiger partial charge in [-0.3, -0.25) is 0 Å². The van der Waals surface area contributed by atoms with Crippen molar-refractivity contribution >= 4 is 6.40 Å². The molecule has 0 aromatic rings. The van der Waals surface area contributed by atoms with Gasteiger partial charge in [-0.15, -0.1) is 0 Å². The molecule has 35 valence electrons. The fourth-order valence-electron chi connectivity index (χ4n) is 0.320. The zero-order chi connectivity index (χ0) is 5.11. The van der Waals surface area contributed by atoms with Gasteiger partial charge in [-0.05, 0) is 0 Å². The van der Waals surface area contributed by atoms with Gasteiger partial charge in [0.15, 0.2) is 6.04 Å². The Balaban J connectivity index is 2.47. The Bertz CT molecular complexity index is 124. The van der Waals surface area contributed by atoms with Gasteiger partial charge in [0.2, 0.25) is 0 Å². The van der Waals surface area contributed by atoms with Crippen molar-refractivity contribution in [3.8, 4) is 6.07 Å². The minimum atomic E-state index is -0.306. The molecule has 0 saturated heterocycles. The fraction of sp³-hybridized carbons (Fsp3) is 0.500. The zero-order valence-corrected chi connectivity index (χ0v) is 3.59. The van der Waals surface area contributed by atoms with Gasteiger partial charge in [0.1, 0.15) is 6.61 Å². The lowest BCUT2D eigenvalue weighted by Crippen LogP contribution is -2.00. The molecule has 1 aliphatic heterocycles. The van der Waals surface area contributed by atoms with Crippen LogP contribution < -0.4 is 0 Å². The molecular weight excluding hydrogens is 92.1 g/mol. The van der Waals surface area contributed by atoms with Crippen molar-refractivity contribution in [3.63, 3.8) is 0 Å². The number of ether oxygens (including phenoxy) is 1. The third kappa shape index (κ3) is 0.686. The van der Waals surface area contributed by atoms with Gasteiger partial charge in [0.25, 0.3) is 6.40 Å². The first-order valence-corrected chi connectivity index (χ1v) is 1.90. The second-order valence-electron chi connectivity index (χ2n) is 1.18. The van der Waals surface area contributed by atoms with Crippen molar-refractivity contribution in [2.75, 3.05) is 6.61 Å². The van der Waals surface area contributed by atoms with Crippen molar-refractivity contribution in [2.24, 2.45) is 4.99 Å². The molecule has 0 spiro atoms. The first-order valence-electron chi connectivity index (χ1n) is 1.90. The van der Waals surface area contributed by atoms with Crippen molar-refractivity contribution in [3.05, 3.63) is 0 Å². The molecule has 1 heterocycles. The molecule has 0 bridgehead atoms. The highest BCUT2D eigenvalue weighted by atomic mass is 16.5. The lowest BCUT2D eigenvalue weighted by atomic mass is 10.4. The average Bonchev–Trinajstić information content (AvgIpc) is 2.14. The molecule has 1 atom stereocenters. The standard InChI is InChI=1S/C4H3N2O/c5-1-4-2-7-3-6-4/h4H,2H2. The first kappa shape index (κ1) is 4.13. The summed E-state index contributed by atoms with van der Waals surface area (Å²) in [5.74, 6) is 0. The number of hydrogen-bond donors (Lipinski definition) is 0. The van der Waals surface area contributed by atoms with Crippen molar-refractivity contribution in [2.45, 2.75) is 6.04 Å². The number of nitriles is 1. The van der Waals surface area contributed by atoms with Crippen molar-refractivity contribution in [1.82, 2.24) is 0 Å². The van der Waals surface area contributed by atoms with Crippen LogP contribution in [0.25, 0.3) is 0 Å². The molecule has 1 radical (unpaired) electrons. The van der Waals surface area contributed by atoms with E-state index in [0.29, 0.717) is 6.61 Å². The third-order valence-electron chi connectivity index (χ3n) is 0.663. The molecule has 0 amide bonds. The van der Waals surface area contributed by atoms with Gasteiger partial charge in [-0.25, -0.2) is 4.99 Å². The molecule has 0 N–H and O–H groups in total. The van der Waals surface area contributed by atoms with Gasteiger partial charge >= 0.3 is 0 Å². The lowest BCUT2D eigenvalue weighted by Gasteiger charge is -1.85. The van der Waals surface area contributed by atoms with E-state index >= 15 is 0 Å². The minimum Gasteiger partial charge on any atom is -0.471 e. The van der Waals surface area contributed by atoms with Crippen LogP contribution in [0.15, 0.2) is 4.99 Å². The summed E-state index contributed by atoms with van der Waals surface area (Å²) in [6, 6.07) is 1.60. The molecule has 7 heavy (non-hydrogen) atoms. The predicted octanol–water partition coefficient (Wildman–Crippen LogP) is -0.186. The van der Waals surface area contributed by atoms with Gasteiger partial charge in [-0.2, -0.15) is 5.26 Å². The summed E-state index contributed by atoms with van der Waals surface area (Å²) in [6.45, 7) is 0.372. The smallest absolute Gasteiger partial charge is 0.274 e. The minimum absolute atomic E-state index is 0.306. The van der Waals surface area contributed by atoms with Crippen LogP contribution in [0.5, 0.6) is 0 Å². The average molecular weight is 95.1 g/mol. The van der Waals surface area contributed by atoms with Crippen LogP contribution in [0.4, 0.5) is 0 Å². The maximum Gasteiger partial charge on any atom is 0.274 e. The van der Waals surface area contributed by atoms with Gasteiger partial charge in [0, 0.05) is 0 Å². The highest BCUT2D eigenvalue weighted by Crippen LogP contribution is 1.94.